The Morgan fingerprint density at radius 3 is 2.00 bits per heavy atom. The van der Waals surface area contributed by atoms with E-state index in [0.29, 0.717) is 28.1 Å². The lowest BCUT2D eigenvalue weighted by molar-refractivity contribution is -0.140. The van der Waals surface area contributed by atoms with Crippen molar-refractivity contribution in [1.82, 2.24) is 0 Å². The molecule has 0 amide bonds. The van der Waals surface area contributed by atoms with Gasteiger partial charge in [0.05, 0.1) is 11.8 Å². The highest BCUT2D eigenvalue weighted by atomic mass is 127. The number of aliphatic hydroxyl groups excluding tert-OH is 2. The van der Waals surface area contributed by atoms with Crippen LogP contribution in [0.2, 0.25) is 0 Å². The van der Waals surface area contributed by atoms with Gasteiger partial charge in [-0.2, -0.15) is 13.2 Å². The molecule has 0 aliphatic carbocycles. The maximum absolute atomic E-state index is 13.3. The number of allylic oxidation sites excluding steroid dienone is 1. The van der Waals surface area contributed by atoms with Gasteiger partial charge in [-0.15, -0.1) is 0 Å². The summed E-state index contributed by atoms with van der Waals surface area (Å²) in [4.78, 5) is 11.8. The van der Waals surface area contributed by atoms with E-state index in [0.717, 1.165) is 20.4 Å². The lowest BCUT2D eigenvalue weighted by Crippen LogP contribution is -2.21. The second-order valence-corrected chi connectivity index (χ2v) is 10.2. The molecule has 0 aliphatic rings. The second-order valence-electron chi connectivity index (χ2n) is 7.89. The van der Waals surface area contributed by atoms with Gasteiger partial charge < -0.3 is 26.0 Å². The summed E-state index contributed by atoms with van der Waals surface area (Å²) < 4.78 is 46.3. The molecule has 3 aromatic rings. The number of aliphatic hydroxyl groups is 2. The Morgan fingerprint density at radius 2 is 1.47 bits per heavy atom. The summed E-state index contributed by atoms with van der Waals surface area (Å²) in [7, 11) is 0. The van der Waals surface area contributed by atoms with Gasteiger partial charge in [0.15, 0.2) is 0 Å². The fourth-order valence-corrected chi connectivity index (χ4v) is 4.32. The van der Waals surface area contributed by atoms with Crippen LogP contribution in [0.25, 0.3) is 0 Å². The largest absolute Gasteiger partial charge is 0.458 e. The van der Waals surface area contributed by atoms with E-state index in [1.807, 2.05) is 40.8 Å². The van der Waals surface area contributed by atoms with Crippen LogP contribution in [-0.2, 0) is 29.0 Å². The van der Waals surface area contributed by atoms with Crippen LogP contribution in [0.1, 0.15) is 16.7 Å². The molecule has 0 atom stereocenters. The number of nitrogen functional groups attached to an aromatic ring is 1. The second kappa shape index (κ2) is 15.9. The predicted octanol–water partition coefficient (Wildman–Crippen LogP) is 5.84. The first-order valence-corrected chi connectivity index (χ1v) is 13.5. The number of hydrogen-bond donors (Lipinski definition) is 4. The topological polar surface area (TPSA) is 105 Å². The zero-order valence-electron chi connectivity index (χ0n) is 20.1. The van der Waals surface area contributed by atoms with E-state index >= 15 is 0 Å². The maximum atomic E-state index is 13.3. The lowest BCUT2D eigenvalue weighted by Gasteiger charge is -2.16. The average molecular weight is 754 g/mol. The first-order valence-electron chi connectivity index (χ1n) is 11.3. The van der Waals surface area contributed by atoms with E-state index in [-0.39, 0.29) is 25.5 Å². The Kier molecular flexibility index (Phi) is 13.3. The molecule has 11 heteroatoms. The summed E-state index contributed by atoms with van der Waals surface area (Å²) in [5.41, 5.74) is 8.01. The molecule has 3 aromatic carbocycles. The third-order valence-electron chi connectivity index (χ3n) is 4.96. The van der Waals surface area contributed by atoms with Crippen molar-refractivity contribution >= 4 is 62.5 Å². The Bertz CT molecular complexity index is 1220. The third-order valence-corrected chi connectivity index (χ3v) is 6.79. The first kappa shape index (κ1) is 31.9. The van der Waals surface area contributed by atoms with Crippen molar-refractivity contribution in [3.05, 3.63) is 102 Å². The Balaban J connectivity index is 0.000000384. The molecule has 6 nitrogen and oxygen atoms in total. The highest BCUT2D eigenvalue weighted by Gasteiger charge is 2.35. The van der Waals surface area contributed by atoms with Gasteiger partial charge in [0.2, 0.25) is 0 Å². The zero-order valence-corrected chi connectivity index (χ0v) is 24.5. The minimum atomic E-state index is -4.75. The van der Waals surface area contributed by atoms with E-state index in [9.17, 15) is 18.0 Å². The average Bonchev–Trinajstić information content (AvgIpc) is 2.87. The van der Waals surface area contributed by atoms with Gasteiger partial charge in [-0.25, -0.2) is 4.79 Å². The van der Waals surface area contributed by atoms with E-state index in [2.05, 4.69) is 27.9 Å². The van der Waals surface area contributed by atoms with Crippen molar-refractivity contribution in [3.63, 3.8) is 0 Å². The fourth-order valence-electron chi connectivity index (χ4n) is 3.02. The number of nitrogens with two attached hydrogens (primary N) is 1. The summed E-state index contributed by atoms with van der Waals surface area (Å²) in [5, 5.41) is 19.8. The van der Waals surface area contributed by atoms with Gasteiger partial charge in [0.1, 0.15) is 12.3 Å². The molecule has 5 N–H and O–H groups in total. The molecule has 204 valence electrons. The number of carbonyl (C=O) groups is 1. The van der Waals surface area contributed by atoms with E-state index in [4.69, 9.17) is 20.7 Å². The van der Waals surface area contributed by atoms with Gasteiger partial charge in [-0.1, -0.05) is 42.5 Å². The number of alkyl halides is 3. The molecular formula is C27H27F3I2N2O4. The molecule has 0 bridgehead atoms. The first-order chi connectivity index (χ1) is 18.0. The van der Waals surface area contributed by atoms with Gasteiger partial charge in [-0.3, -0.25) is 0 Å². The van der Waals surface area contributed by atoms with Crippen LogP contribution in [0.15, 0.2) is 78.5 Å². The van der Waals surface area contributed by atoms with Gasteiger partial charge in [0.25, 0.3) is 0 Å². The molecule has 0 radical (unpaired) electrons. The van der Waals surface area contributed by atoms with E-state index < -0.39 is 17.8 Å². The Labute approximate surface area is 246 Å². The molecule has 0 unspecified atom stereocenters. The van der Waals surface area contributed by atoms with Crippen molar-refractivity contribution in [3.8, 4) is 0 Å². The molecule has 0 aromatic heterocycles. The van der Waals surface area contributed by atoms with E-state index in [1.54, 1.807) is 42.5 Å². The number of rotatable bonds is 9. The number of ether oxygens (including phenoxy) is 1. The molecule has 0 saturated heterocycles. The number of nitrogens with one attached hydrogen (secondary N) is 1. The number of benzene rings is 3. The normalized spacial score (nSPS) is 11.4. The number of carbonyl (C=O) groups excluding carboxylic acids is 1. The predicted molar refractivity (Wildman–Crippen MR) is 158 cm³/mol. The van der Waals surface area contributed by atoms with E-state index in [1.165, 1.54) is 6.07 Å². The minimum Gasteiger partial charge on any atom is -0.458 e. The zero-order chi connectivity index (χ0) is 28.1. The molecular weight excluding hydrogens is 727 g/mol. The molecule has 38 heavy (non-hydrogen) atoms. The van der Waals surface area contributed by atoms with Crippen LogP contribution < -0.4 is 11.1 Å². The standard InChI is InChI=1S/C19H17F3INO3.C8H10INO/c20-19(21,22)17(11-18(26)27-12-14-4-2-1-3-5-14)24-16-7-6-13(8-9-25)10-15(16)23;9-7-5-6(3-4-11)1-2-8(7)10/h1-7,10-11,24-25H,8-9,12H2;1-2,5,11H,3-4,10H2. The SMILES string of the molecule is Nc1ccc(CCO)cc1I.O=C(C=C(Nc1ccc(CCO)cc1I)C(F)(F)F)OCc1ccccc1. The van der Waals surface area contributed by atoms with Gasteiger partial charge in [-0.05, 0) is 99.0 Å². The minimum absolute atomic E-state index is 0.0518. The summed E-state index contributed by atoms with van der Waals surface area (Å²) in [6, 6.07) is 19.2. The molecule has 0 heterocycles. The quantitative estimate of drug-likeness (QED) is 0.0949. The van der Waals surface area contributed by atoms with Gasteiger partial charge >= 0.3 is 12.1 Å². The molecule has 0 fully saturated rings. The summed E-state index contributed by atoms with van der Waals surface area (Å²) in [6.45, 7) is 0.0263. The molecule has 0 aliphatic heterocycles. The molecule has 0 saturated carbocycles. The number of anilines is 2. The van der Waals surface area contributed by atoms with Crippen LogP contribution in [0.3, 0.4) is 0 Å². The summed E-state index contributed by atoms with van der Waals surface area (Å²) >= 11 is 4.07. The highest BCUT2D eigenvalue weighted by Crippen LogP contribution is 2.29. The number of esters is 1. The Morgan fingerprint density at radius 1 is 0.895 bits per heavy atom. The monoisotopic (exact) mass is 754 g/mol. The van der Waals surface area contributed by atoms with Crippen LogP contribution in [0.5, 0.6) is 0 Å². The Hall–Kier alpha value is -2.36. The van der Waals surface area contributed by atoms with Crippen molar-refractivity contribution in [2.45, 2.75) is 25.6 Å². The van der Waals surface area contributed by atoms with Crippen LogP contribution >= 0.6 is 45.2 Å². The van der Waals surface area contributed by atoms with Crippen molar-refractivity contribution in [2.24, 2.45) is 0 Å². The molecule has 0 spiro atoms. The van der Waals surface area contributed by atoms with Gasteiger partial charge in [0, 0.05) is 26.0 Å². The van der Waals surface area contributed by atoms with Crippen LogP contribution in [0.4, 0.5) is 24.5 Å². The molecule has 3 rings (SSSR count). The highest BCUT2D eigenvalue weighted by molar-refractivity contribution is 14.1. The smallest absolute Gasteiger partial charge is 0.431 e. The van der Waals surface area contributed by atoms with Crippen molar-refractivity contribution in [1.29, 1.82) is 0 Å². The lowest BCUT2D eigenvalue weighted by atomic mass is 10.1. The summed E-state index contributed by atoms with van der Waals surface area (Å²) in [5.74, 6) is -1.09. The van der Waals surface area contributed by atoms with Crippen molar-refractivity contribution < 1.29 is 32.9 Å². The van der Waals surface area contributed by atoms with Crippen LogP contribution in [-0.4, -0.2) is 35.6 Å². The summed E-state index contributed by atoms with van der Waals surface area (Å²) in [6.07, 6.45) is -3.24. The third kappa shape index (κ3) is 11.2. The van der Waals surface area contributed by atoms with Crippen molar-refractivity contribution in [2.75, 3.05) is 24.3 Å². The maximum Gasteiger partial charge on any atom is 0.431 e. The van der Waals surface area contributed by atoms with Crippen LogP contribution in [0, 0.1) is 7.14 Å². The fraction of sp³-hybridized carbons (Fsp3) is 0.222. The number of halogens is 5. The number of hydrogen-bond acceptors (Lipinski definition) is 6.